The molecule has 0 atom stereocenters. The fourth-order valence-corrected chi connectivity index (χ4v) is 1.65. The molecular weight excluding hydrogens is 276 g/mol. The number of hydrogen-bond donors (Lipinski definition) is 1. The zero-order valence-corrected chi connectivity index (χ0v) is 8.81. The van der Waals surface area contributed by atoms with Crippen LogP contribution in [0, 0.1) is 3.57 Å². The van der Waals surface area contributed by atoms with E-state index in [9.17, 15) is 0 Å². The predicted octanol–water partition coefficient (Wildman–Crippen LogP) is 2.54. The molecule has 11 heavy (non-hydrogen) atoms. The summed E-state index contributed by atoms with van der Waals surface area (Å²) in [5, 5.41) is 0.536. The van der Waals surface area contributed by atoms with Crippen LogP contribution >= 0.6 is 34.2 Å². The highest BCUT2D eigenvalue weighted by atomic mass is 127. The van der Waals surface area contributed by atoms with Gasteiger partial charge in [-0.2, -0.15) is 0 Å². The molecule has 2 N–H and O–H groups in total. The lowest BCUT2D eigenvalue weighted by Crippen LogP contribution is -1.92. The maximum Gasteiger partial charge on any atom is 0.121 e. The van der Waals surface area contributed by atoms with Gasteiger partial charge in [0.05, 0.1) is 17.8 Å². The van der Waals surface area contributed by atoms with Crippen LogP contribution in [0.4, 0.5) is 5.69 Å². The highest BCUT2D eigenvalue weighted by Crippen LogP contribution is 2.29. The van der Waals surface area contributed by atoms with Crippen molar-refractivity contribution in [1.82, 2.24) is 0 Å². The van der Waals surface area contributed by atoms with Gasteiger partial charge in [-0.1, -0.05) is 11.6 Å². The lowest BCUT2D eigenvalue weighted by atomic mass is 10.3. The number of methoxy groups -OCH3 is 1. The van der Waals surface area contributed by atoms with E-state index in [1.54, 1.807) is 13.2 Å². The maximum absolute atomic E-state index is 5.79. The van der Waals surface area contributed by atoms with E-state index in [2.05, 4.69) is 22.6 Å². The Labute approximate surface area is 83.8 Å². The minimum absolute atomic E-state index is 0.536. The molecule has 1 aromatic rings. The van der Waals surface area contributed by atoms with Gasteiger partial charge in [0.2, 0.25) is 0 Å². The van der Waals surface area contributed by atoms with Crippen LogP contribution in [-0.2, 0) is 0 Å². The number of rotatable bonds is 1. The summed E-state index contributed by atoms with van der Waals surface area (Å²) in [4.78, 5) is 0. The van der Waals surface area contributed by atoms with Gasteiger partial charge in [0.1, 0.15) is 5.75 Å². The Kier molecular flexibility index (Phi) is 2.84. The van der Waals surface area contributed by atoms with Crippen molar-refractivity contribution in [3.63, 3.8) is 0 Å². The van der Waals surface area contributed by atoms with Crippen molar-refractivity contribution in [2.24, 2.45) is 0 Å². The minimum Gasteiger partial charge on any atom is -0.497 e. The van der Waals surface area contributed by atoms with E-state index >= 15 is 0 Å². The molecule has 0 aliphatic rings. The van der Waals surface area contributed by atoms with Gasteiger partial charge in [-0.15, -0.1) is 0 Å². The van der Waals surface area contributed by atoms with Gasteiger partial charge in [-0.25, -0.2) is 0 Å². The van der Waals surface area contributed by atoms with Crippen LogP contribution in [0.25, 0.3) is 0 Å². The van der Waals surface area contributed by atoms with E-state index in [1.807, 2.05) is 6.07 Å². The standard InChI is InChI=1S/C7H7ClINO/c1-11-4-2-5(8)7(10)6(9)3-4/h2-3H,10H2,1H3. The first kappa shape index (κ1) is 8.93. The van der Waals surface area contributed by atoms with Gasteiger partial charge < -0.3 is 10.5 Å². The highest BCUT2D eigenvalue weighted by molar-refractivity contribution is 14.1. The van der Waals surface area contributed by atoms with E-state index in [4.69, 9.17) is 22.1 Å². The van der Waals surface area contributed by atoms with Gasteiger partial charge in [0, 0.05) is 9.64 Å². The third-order valence-electron chi connectivity index (χ3n) is 1.29. The topological polar surface area (TPSA) is 35.2 Å². The van der Waals surface area contributed by atoms with Crippen molar-refractivity contribution < 1.29 is 4.74 Å². The van der Waals surface area contributed by atoms with Crippen molar-refractivity contribution in [3.8, 4) is 5.75 Å². The smallest absolute Gasteiger partial charge is 0.121 e. The molecule has 0 aliphatic carbocycles. The molecule has 0 bridgehead atoms. The Bertz CT molecular complexity index is 254. The van der Waals surface area contributed by atoms with Crippen molar-refractivity contribution in [3.05, 3.63) is 20.7 Å². The zero-order valence-electron chi connectivity index (χ0n) is 5.90. The molecule has 0 saturated carbocycles. The van der Waals surface area contributed by atoms with Gasteiger partial charge in [-0.3, -0.25) is 0 Å². The lowest BCUT2D eigenvalue weighted by molar-refractivity contribution is 0.414. The summed E-state index contributed by atoms with van der Waals surface area (Å²) in [6.07, 6.45) is 0. The first-order chi connectivity index (χ1) is 5.15. The summed E-state index contributed by atoms with van der Waals surface area (Å²) >= 11 is 7.90. The minimum atomic E-state index is 0.536. The molecule has 0 spiro atoms. The Morgan fingerprint density at radius 1 is 1.55 bits per heavy atom. The molecule has 0 aromatic heterocycles. The molecule has 0 fully saturated rings. The number of nitrogen functional groups attached to an aromatic ring is 1. The van der Waals surface area contributed by atoms with E-state index in [0.29, 0.717) is 10.7 Å². The van der Waals surface area contributed by atoms with Crippen LogP contribution in [0.3, 0.4) is 0 Å². The second-order valence-electron chi connectivity index (χ2n) is 2.00. The Morgan fingerprint density at radius 2 is 2.18 bits per heavy atom. The molecule has 0 aliphatic heterocycles. The van der Waals surface area contributed by atoms with Crippen molar-refractivity contribution in [2.45, 2.75) is 0 Å². The van der Waals surface area contributed by atoms with E-state index in [-0.39, 0.29) is 0 Å². The number of ether oxygens (including phenoxy) is 1. The summed E-state index contributed by atoms with van der Waals surface area (Å²) in [6, 6.07) is 3.53. The van der Waals surface area contributed by atoms with Crippen LogP contribution in [0.15, 0.2) is 12.1 Å². The average molecular weight is 283 g/mol. The van der Waals surface area contributed by atoms with Crippen LogP contribution in [0.2, 0.25) is 5.02 Å². The van der Waals surface area contributed by atoms with Crippen LogP contribution in [-0.4, -0.2) is 7.11 Å². The van der Waals surface area contributed by atoms with Crippen LogP contribution in [0.5, 0.6) is 5.75 Å². The number of benzene rings is 1. The van der Waals surface area contributed by atoms with Crippen LogP contribution < -0.4 is 10.5 Å². The largest absolute Gasteiger partial charge is 0.497 e. The molecule has 0 radical (unpaired) electrons. The number of anilines is 1. The fraction of sp³-hybridized carbons (Fsp3) is 0.143. The second-order valence-corrected chi connectivity index (χ2v) is 3.57. The summed E-state index contributed by atoms with van der Waals surface area (Å²) in [5.74, 6) is 0.730. The second kappa shape index (κ2) is 3.49. The summed E-state index contributed by atoms with van der Waals surface area (Å²) < 4.78 is 5.90. The van der Waals surface area contributed by atoms with E-state index in [0.717, 1.165) is 9.32 Å². The fourth-order valence-electron chi connectivity index (χ4n) is 0.679. The van der Waals surface area contributed by atoms with E-state index in [1.165, 1.54) is 0 Å². The van der Waals surface area contributed by atoms with Crippen LogP contribution in [0.1, 0.15) is 0 Å². The first-order valence-corrected chi connectivity index (χ1v) is 4.39. The van der Waals surface area contributed by atoms with Crippen molar-refractivity contribution >= 4 is 39.9 Å². The molecule has 2 nitrogen and oxygen atoms in total. The monoisotopic (exact) mass is 283 g/mol. The van der Waals surface area contributed by atoms with Gasteiger partial charge in [-0.05, 0) is 28.7 Å². The third kappa shape index (κ3) is 1.90. The molecular formula is C7H7ClINO. The molecule has 4 heteroatoms. The molecule has 0 saturated heterocycles. The highest BCUT2D eigenvalue weighted by Gasteiger charge is 2.03. The number of nitrogens with two attached hydrogens (primary N) is 1. The molecule has 1 aromatic carbocycles. The van der Waals surface area contributed by atoms with Crippen molar-refractivity contribution in [2.75, 3.05) is 12.8 Å². The maximum atomic E-state index is 5.79. The SMILES string of the molecule is COc1cc(Cl)c(N)c(I)c1. The van der Waals surface area contributed by atoms with Gasteiger partial charge in [0.15, 0.2) is 0 Å². The molecule has 0 heterocycles. The number of halogens is 2. The third-order valence-corrected chi connectivity index (χ3v) is 2.49. The first-order valence-electron chi connectivity index (χ1n) is 2.93. The van der Waals surface area contributed by atoms with E-state index < -0.39 is 0 Å². The zero-order chi connectivity index (χ0) is 8.43. The number of hydrogen-bond acceptors (Lipinski definition) is 2. The average Bonchev–Trinajstić information content (AvgIpc) is 1.99. The van der Waals surface area contributed by atoms with Crippen molar-refractivity contribution in [1.29, 1.82) is 0 Å². The normalized spacial score (nSPS) is 9.73. The quantitative estimate of drug-likeness (QED) is 0.635. The molecule has 60 valence electrons. The molecule has 1 rings (SSSR count). The summed E-state index contributed by atoms with van der Waals surface area (Å²) in [5.41, 5.74) is 6.22. The summed E-state index contributed by atoms with van der Waals surface area (Å²) in [7, 11) is 1.60. The summed E-state index contributed by atoms with van der Waals surface area (Å²) in [6.45, 7) is 0. The molecule has 0 unspecified atom stereocenters. The molecule has 0 amide bonds. The van der Waals surface area contributed by atoms with Gasteiger partial charge >= 0.3 is 0 Å². The predicted molar refractivity (Wildman–Crippen MR) is 55.1 cm³/mol. The van der Waals surface area contributed by atoms with Gasteiger partial charge in [0.25, 0.3) is 0 Å². The Morgan fingerprint density at radius 3 is 2.64 bits per heavy atom. The Hall–Kier alpha value is -0.160. The lowest BCUT2D eigenvalue weighted by Gasteiger charge is -2.04. The Balaban J connectivity index is 3.21.